The second kappa shape index (κ2) is 4.16. The van der Waals surface area contributed by atoms with Gasteiger partial charge in [-0.05, 0) is 25.5 Å². The lowest BCUT2D eigenvalue weighted by atomic mass is 9.99. The first-order valence-corrected chi connectivity index (χ1v) is 5.70. The Bertz CT molecular complexity index is 401. The summed E-state index contributed by atoms with van der Waals surface area (Å²) >= 11 is 0. The Morgan fingerprint density at radius 3 is 2.81 bits per heavy atom. The van der Waals surface area contributed by atoms with Gasteiger partial charge in [-0.15, -0.1) is 0 Å². The first kappa shape index (κ1) is 11.0. The summed E-state index contributed by atoms with van der Waals surface area (Å²) in [4.78, 5) is 14.0. The Labute approximate surface area is 96.5 Å². The highest BCUT2D eigenvalue weighted by Gasteiger charge is 2.30. The third-order valence-corrected chi connectivity index (χ3v) is 3.25. The normalized spacial score (nSPS) is 18.1. The van der Waals surface area contributed by atoms with E-state index in [4.69, 9.17) is 0 Å². The van der Waals surface area contributed by atoms with Gasteiger partial charge in [0.25, 0.3) is 0 Å². The maximum Gasteiger partial charge on any atom is 0.231 e. The highest BCUT2D eigenvalue weighted by atomic mass is 16.2. The van der Waals surface area contributed by atoms with Crippen LogP contribution in [0.25, 0.3) is 0 Å². The van der Waals surface area contributed by atoms with E-state index in [9.17, 15) is 4.79 Å². The van der Waals surface area contributed by atoms with Crippen molar-refractivity contribution < 1.29 is 4.79 Å². The Morgan fingerprint density at radius 2 is 2.12 bits per heavy atom. The summed E-state index contributed by atoms with van der Waals surface area (Å²) in [5.74, 6) is 0.177. The fourth-order valence-electron chi connectivity index (χ4n) is 2.00. The van der Waals surface area contributed by atoms with Crippen molar-refractivity contribution in [2.75, 3.05) is 18.9 Å². The molecule has 0 spiro atoms. The first-order chi connectivity index (χ1) is 7.61. The minimum Gasteiger partial charge on any atom is -0.384 e. The molecule has 3 heteroatoms. The van der Waals surface area contributed by atoms with Crippen LogP contribution in [0.2, 0.25) is 0 Å². The number of carbonyl (C=O) groups excluding carboxylic acids is 1. The number of amides is 1. The minimum absolute atomic E-state index is 0.0244. The number of para-hydroxylation sites is 1. The fourth-order valence-corrected chi connectivity index (χ4v) is 2.00. The maximum absolute atomic E-state index is 12.2. The molecule has 0 saturated carbocycles. The lowest BCUT2D eigenvalue weighted by molar-refractivity contribution is -0.132. The summed E-state index contributed by atoms with van der Waals surface area (Å²) in [7, 11) is 1.87. The van der Waals surface area contributed by atoms with Crippen LogP contribution in [-0.2, 0) is 4.79 Å². The lowest BCUT2D eigenvalue weighted by Crippen LogP contribution is -2.37. The number of hydrogen-bond acceptors (Lipinski definition) is 2. The van der Waals surface area contributed by atoms with E-state index in [0.717, 1.165) is 17.8 Å². The number of carbonyl (C=O) groups is 1. The number of fused-ring (bicyclic) bond motifs is 1. The van der Waals surface area contributed by atoms with Crippen LogP contribution in [0.1, 0.15) is 25.3 Å². The van der Waals surface area contributed by atoms with Gasteiger partial charge in [-0.1, -0.05) is 18.2 Å². The molecule has 1 aromatic rings. The molecule has 0 radical (unpaired) electrons. The van der Waals surface area contributed by atoms with E-state index in [0.29, 0.717) is 0 Å². The molecule has 1 amide bonds. The molecule has 0 aliphatic carbocycles. The highest BCUT2D eigenvalue weighted by molar-refractivity contribution is 5.88. The zero-order chi connectivity index (χ0) is 11.7. The van der Waals surface area contributed by atoms with Crippen LogP contribution in [0.15, 0.2) is 24.3 Å². The van der Waals surface area contributed by atoms with Gasteiger partial charge >= 0.3 is 0 Å². The average molecular weight is 218 g/mol. The Balaban J connectivity index is 2.22. The van der Waals surface area contributed by atoms with Crippen molar-refractivity contribution in [1.29, 1.82) is 0 Å². The molecule has 1 aliphatic rings. The predicted octanol–water partition coefficient (Wildman–Crippen LogP) is 2.06. The molecule has 2 rings (SSSR count). The maximum atomic E-state index is 12.2. The van der Waals surface area contributed by atoms with Crippen LogP contribution in [-0.4, -0.2) is 30.4 Å². The summed E-state index contributed by atoms with van der Waals surface area (Å²) in [5.41, 5.74) is 2.22. The SMILES string of the molecule is CC(C)N(C)C(=O)C1CNc2ccccc21. The predicted molar refractivity (Wildman–Crippen MR) is 65.6 cm³/mol. The van der Waals surface area contributed by atoms with Crippen LogP contribution in [0, 0.1) is 0 Å². The molecule has 1 heterocycles. The number of hydrogen-bond donors (Lipinski definition) is 1. The monoisotopic (exact) mass is 218 g/mol. The summed E-state index contributed by atoms with van der Waals surface area (Å²) < 4.78 is 0. The van der Waals surface area contributed by atoms with Crippen LogP contribution in [0.3, 0.4) is 0 Å². The van der Waals surface area contributed by atoms with Crippen LogP contribution < -0.4 is 5.32 Å². The van der Waals surface area contributed by atoms with Gasteiger partial charge in [0.05, 0.1) is 5.92 Å². The standard InChI is InChI=1S/C13H18N2O/c1-9(2)15(3)13(16)11-8-14-12-7-5-4-6-10(11)12/h4-7,9,11,14H,8H2,1-3H3. The van der Waals surface area contributed by atoms with E-state index in [-0.39, 0.29) is 17.9 Å². The van der Waals surface area contributed by atoms with Crippen molar-refractivity contribution in [2.24, 2.45) is 0 Å². The van der Waals surface area contributed by atoms with Gasteiger partial charge in [0.1, 0.15) is 0 Å². The number of nitrogens with one attached hydrogen (secondary N) is 1. The van der Waals surface area contributed by atoms with Gasteiger partial charge in [-0.25, -0.2) is 0 Å². The van der Waals surface area contributed by atoms with Crippen LogP contribution in [0.4, 0.5) is 5.69 Å². The molecule has 3 nitrogen and oxygen atoms in total. The molecule has 1 unspecified atom stereocenters. The van der Waals surface area contributed by atoms with Crippen molar-refractivity contribution in [2.45, 2.75) is 25.8 Å². The zero-order valence-electron chi connectivity index (χ0n) is 10.0. The molecule has 0 fully saturated rings. The molecule has 0 saturated heterocycles. The van der Waals surface area contributed by atoms with Crippen molar-refractivity contribution >= 4 is 11.6 Å². The van der Waals surface area contributed by atoms with Gasteiger partial charge in [-0.2, -0.15) is 0 Å². The first-order valence-electron chi connectivity index (χ1n) is 5.70. The Morgan fingerprint density at radius 1 is 1.44 bits per heavy atom. The second-order valence-corrected chi connectivity index (χ2v) is 4.56. The minimum atomic E-state index is -0.0244. The summed E-state index contributed by atoms with van der Waals surface area (Å²) in [5, 5.41) is 3.28. The van der Waals surface area contributed by atoms with E-state index in [2.05, 4.69) is 5.32 Å². The van der Waals surface area contributed by atoms with Crippen molar-refractivity contribution in [3.05, 3.63) is 29.8 Å². The van der Waals surface area contributed by atoms with Crippen LogP contribution >= 0.6 is 0 Å². The quantitative estimate of drug-likeness (QED) is 0.824. The third-order valence-electron chi connectivity index (χ3n) is 3.25. The summed E-state index contributed by atoms with van der Waals surface area (Å²) in [6, 6.07) is 8.29. The highest BCUT2D eigenvalue weighted by Crippen LogP contribution is 2.32. The number of likely N-dealkylation sites (N-methyl/N-ethyl adjacent to an activating group) is 1. The van der Waals surface area contributed by atoms with Gasteiger partial charge in [0.2, 0.25) is 5.91 Å². The zero-order valence-corrected chi connectivity index (χ0v) is 10.0. The molecule has 86 valence electrons. The van der Waals surface area contributed by atoms with Gasteiger partial charge in [0.15, 0.2) is 0 Å². The Hall–Kier alpha value is -1.51. The molecule has 0 bridgehead atoms. The second-order valence-electron chi connectivity index (χ2n) is 4.56. The van der Waals surface area contributed by atoms with Crippen molar-refractivity contribution in [3.63, 3.8) is 0 Å². The molecule has 1 aliphatic heterocycles. The lowest BCUT2D eigenvalue weighted by Gasteiger charge is -2.24. The fraction of sp³-hybridized carbons (Fsp3) is 0.462. The number of nitrogens with zero attached hydrogens (tertiary/aromatic N) is 1. The molecular weight excluding hydrogens is 200 g/mol. The summed E-state index contributed by atoms with van der Waals surface area (Å²) in [6.07, 6.45) is 0. The van der Waals surface area contributed by atoms with Gasteiger partial charge < -0.3 is 10.2 Å². The van der Waals surface area contributed by atoms with Gasteiger partial charge in [0, 0.05) is 25.3 Å². The molecular formula is C13H18N2O. The summed E-state index contributed by atoms with van der Waals surface area (Å²) in [6.45, 7) is 4.79. The van der Waals surface area contributed by atoms with E-state index >= 15 is 0 Å². The molecule has 1 N–H and O–H groups in total. The van der Waals surface area contributed by atoms with Crippen molar-refractivity contribution in [3.8, 4) is 0 Å². The van der Waals surface area contributed by atoms with Gasteiger partial charge in [-0.3, -0.25) is 4.79 Å². The topological polar surface area (TPSA) is 32.3 Å². The largest absolute Gasteiger partial charge is 0.384 e. The molecule has 1 aromatic carbocycles. The van der Waals surface area contributed by atoms with Crippen molar-refractivity contribution in [1.82, 2.24) is 4.90 Å². The smallest absolute Gasteiger partial charge is 0.231 e. The Kier molecular flexibility index (Phi) is 2.86. The van der Waals surface area contributed by atoms with E-state index in [1.165, 1.54) is 0 Å². The molecule has 1 atom stereocenters. The third kappa shape index (κ3) is 1.77. The van der Waals surface area contributed by atoms with Crippen LogP contribution in [0.5, 0.6) is 0 Å². The number of anilines is 1. The number of benzene rings is 1. The van der Waals surface area contributed by atoms with E-state index in [1.54, 1.807) is 0 Å². The van der Waals surface area contributed by atoms with E-state index in [1.807, 2.05) is 50.1 Å². The number of rotatable bonds is 2. The molecule has 16 heavy (non-hydrogen) atoms. The van der Waals surface area contributed by atoms with E-state index < -0.39 is 0 Å². The average Bonchev–Trinajstić information content (AvgIpc) is 2.70. The molecule has 0 aromatic heterocycles.